The number of hydrogen-bond acceptors (Lipinski definition) is 8. The first-order valence-electron chi connectivity index (χ1n) is 46.2. The molecule has 0 aliphatic heterocycles. The third-order valence-electron chi connectivity index (χ3n) is 21.9. The summed E-state index contributed by atoms with van der Waals surface area (Å²) in [4.78, 5) is 37.7. The maximum atomic E-state index is 13.0. The molecule has 0 rings (SSSR count). The summed E-state index contributed by atoms with van der Waals surface area (Å²) in [6.45, 7) is 4.87. The van der Waals surface area contributed by atoms with Gasteiger partial charge in [-0.15, -0.1) is 0 Å². The van der Waals surface area contributed by atoms with E-state index < -0.39 is 24.3 Å². The number of nitrogens with zero attached hydrogens (tertiary/aromatic N) is 1. The number of carboxylic acid groups (broad SMARTS) is 1. The van der Waals surface area contributed by atoms with Crippen molar-refractivity contribution in [2.45, 2.75) is 527 Å². The van der Waals surface area contributed by atoms with Gasteiger partial charge in [-0.1, -0.05) is 489 Å². The zero-order chi connectivity index (χ0) is 73.2. The van der Waals surface area contributed by atoms with E-state index in [2.05, 4.69) is 13.8 Å². The van der Waals surface area contributed by atoms with Crippen molar-refractivity contribution in [3.05, 3.63) is 0 Å². The Morgan fingerprint density at radius 2 is 0.446 bits per heavy atom. The minimum absolute atomic E-state index is 0.154. The molecule has 0 aromatic carbocycles. The average molecular weight is 1430 g/mol. The number of ether oxygens (including phenoxy) is 4. The lowest BCUT2D eigenvalue weighted by molar-refractivity contribution is -0.870. The Labute approximate surface area is 632 Å². The first-order valence-corrected chi connectivity index (χ1v) is 46.2. The smallest absolute Gasteiger partial charge is 0.306 e. The van der Waals surface area contributed by atoms with Crippen molar-refractivity contribution in [2.24, 2.45) is 0 Å². The number of hydrogen-bond donors (Lipinski definition) is 0. The molecular weight excluding hydrogens is 1250 g/mol. The Balaban J connectivity index is 3.85. The molecule has 0 amide bonds. The van der Waals surface area contributed by atoms with Gasteiger partial charge in [0.25, 0.3) is 0 Å². The fourth-order valence-electron chi connectivity index (χ4n) is 14.8. The quantitative estimate of drug-likeness (QED) is 0.0256. The van der Waals surface area contributed by atoms with E-state index in [1.807, 2.05) is 21.1 Å². The van der Waals surface area contributed by atoms with Gasteiger partial charge < -0.3 is 33.3 Å². The van der Waals surface area contributed by atoms with Gasteiger partial charge in [0, 0.05) is 12.8 Å². The number of carboxylic acids is 1. The maximum Gasteiger partial charge on any atom is 0.306 e. The molecule has 9 heteroatoms. The van der Waals surface area contributed by atoms with Gasteiger partial charge in [-0.25, -0.2) is 0 Å². The molecule has 0 radical (unpaired) electrons. The number of carbonyl (C=O) groups excluding carboxylic acids is 3. The second kappa shape index (κ2) is 83.9. The molecule has 0 heterocycles. The van der Waals surface area contributed by atoms with E-state index in [1.165, 1.54) is 449 Å². The predicted octanol–water partition coefficient (Wildman–Crippen LogP) is 28.7. The molecule has 0 saturated carbocycles. The minimum Gasteiger partial charge on any atom is -0.545 e. The fourth-order valence-corrected chi connectivity index (χ4v) is 14.8. The second-order valence-electron chi connectivity index (χ2n) is 33.3. The summed E-state index contributed by atoms with van der Waals surface area (Å²) in [6, 6.07) is 0. The van der Waals surface area contributed by atoms with E-state index in [9.17, 15) is 19.5 Å². The molecule has 0 saturated heterocycles. The van der Waals surface area contributed by atoms with Gasteiger partial charge in [0.15, 0.2) is 12.4 Å². The molecule has 0 aliphatic rings. The van der Waals surface area contributed by atoms with Crippen LogP contribution < -0.4 is 5.11 Å². The number of unbranched alkanes of at least 4 members (excludes halogenated alkanes) is 74. The Morgan fingerprint density at radius 3 is 0.634 bits per heavy atom. The Bertz CT molecular complexity index is 1620. The van der Waals surface area contributed by atoms with Gasteiger partial charge in [-0.3, -0.25) is 9.59 Å². The van der Waals surface area contributed by atoms with Crippen LogP contribution in [0.25, 0.3) is 0 Å². The molecule has 101 heavy (non-hydrogen) atoms. The summed E-state index contributed by atoms with van der Waals surface area (Å²) < 4.78 is 22.9. The predicted molar refractivity (Wildman–Crippen MR) is 436 cm³/mol. The number of likely N-dealkylation sites (N-methyl/N-ethyl adjacent to an activating group) is 1. The maximum absolute atomic E-state index is 13.0. The van der Waals surface area contributed by atoms with Gasteiger partial charge >= 0.3 is 11.9 Å². The van der Waals surface area contributed by atoms with Crippen LogP contribution in [0, 0.1) is 0 Å². The SMILES string of the molecule is CCCCCCCCCCCCCCCCCCCCCCCCCCCCCCCCCCCCCCCCCCCC(=O)OC(COC(=O)CCCCCCCCCCCCCCCCCCCCCCCCCCCCCCCCCCCCC)COC(OCC[N+](C)(C)C)C(=O)[O-]. The second-order valence-corrected chi connectivity index (χ2v) is 33.3. The van der Waals surface area contributed by atoms with Crippen molar-refractivity contribution >= 4 is 17.9 Å². The summed E-state index contributed by atoms with van der Waals surface area (Å²) in [7, 11) is 5.97. The van der Waals surface area contributed by atoms with Gasteiger partial charge in [-0.2, -0.15) is 0 Å². The monoisotopic (exact) mass is 1430 g/mol. The molecule has 2 unspecified atom stereocenters. The van der Waals surface area contributed by atoms with Crippen molar-refractivity contribution in [3.8, 4) is 0 Å². The van der Waals surface area contributed by atoms with Crippen LogP contribution in [-0.2, 0) is 33.3 Å². The first-order chi connectivity index (χ1) is 49.6. The Hall–Kier alpha value is -1.71. The largest absolute Gasteiger partial charge is 0.545 e. The summed E-state index contributed by atoms with van der Waals surface area (Å²) >= 11 is 0. The van der Waals surface area contributed by atoms with Crippen LogP contribution in [0.15, 0.2) is 0 Å². The number of rotatable bonds is 89. The average Bonchev–Trinajstić information content (AvgIpc) is 1.21. The van der Waals surface area contributed by atoms with Crippen molar-refractivity contribution in [1.29, 1.82) is 0 Å². The molecule has 0 spiro atoms. The highest BCUT2D eigenvalue weighted by Crippen LogP contribution is 2.22. The first kappa shape index (κ1) is 99.3. The molecule has 0 aromatic rings. The van der Waals surface area contributed by atoms with Gasteiger partial charge in [-0.05, 0) is 12.8 Å². The van der Waals surface area contributed by atoms with E-state index in [0.717, 1.165) is 38.5 Å². The Kier molecular flexibility index (Phi) is 82.5. The van der Waals surface area contributed by atoms with Crippen LogP contribution in [0.4, 0.5) is 0 Å². The molecule has 0 N–H and O–H groups in total. The summed E-state index contributed by atoms with van der Waals surface area (Å²) in [5.74, 6) is -2.23. The lowest BCUT2D eigenvalue weighted by Gasteiger charge is -2.26. The number of carbonyl (C=O) groups is 3. The molecule has 2 atom stereocenters. The normalized spacial score (nSPS) is 12.4. The van der Waals surface area contributed by atoms with E-state index >= 15 is 0 Å². The zero-order valence-electron chi connectivity index (χ0n) is 69.4. The molecule has 602 valence electrons. The topological polar surface area (TPSA) is 111 Å². The minimum atomic E-state index is -1.62. The van der Waals surface area contributed by atoms with Crippen LogP contribution in [0.3, 0.4) is 0 Å². The highest BCUT2D eigenvalue weighted by atomic mass is 16.7. The number of aliphatic carboxylic acids is 1. The standard InChI is InChI=1S/C92H181NO8/c1-6-8-10-12-14-16-18-20-22-24-26-28-30-32-34-36-38-40-42-43-44-45-46-47-49-51-53-55-57-59-61-63-65-67-69-71-73-75-77-79-81-83-90(95)101-88(87-100-92(91(96)97)98-85-84-93(3,4)5)86-99-89(94)82-80-78-76-74-72-70-68-66-64-62-60-58-56-54-52-50-48-41-39-37-35-33-31-29-27-25-23-21-19-17-15-13-11-9-7-2/h88,92H,6-87H2,1-5H3. The van der Waals surface area contributed by atoms with Gasteiger partial charge in [0.1, 0.15) is 13.2 Å². The fraction of sp³-hybridized carbons (Fsp3) is 0.967. The lowest BCUT2D eigenvalue weighted by atomic mass is 10.0. The highest BCUT2D eigenvalue weighted by molar-refractivity contribution is 5.70. The molecule has 0 bridgehead atoms. The van der Waals surface area contributed by atoms with Gasteiger partial charge in [0.05, 0.1) is 40.3 Å². The molecule has 0 aliphatic carbocycles. The van der Waals surface area contributed by atoms with Crippen LogP contribution >= 0.6 is 0 Å². The molecule has 0 aromatic heterocycles. The van der Waals surface area contributed by atoms with Crippen LogP contribution in [0.5, 0.6) is 0 Å². The van der Waals surface area contributed by atoms with Crippen molar-refractivity contribution in [1.82, 2.24) is 0 Å². The van der Waals surface area contributed by atoms with Crippen molar-refractivity contribution in [2.75, 3.05) is 47.5 Å². The summed E-state index contributed by atoms with van der Waals surface area (Å²) in [6.07, 6.45) is 103. The molecule has 9 nitrogen and oxygen atoms in total. The zero-order valence-corrected chi connectivity index (χ0v) is 69.4. The van der Waals surface area contributed by atoms with Gasteiger partial charge in [0.2, 0.25) is 0 Å². The number of esters is 2. The van der Waals surface area contributed by atoms with Crippen LogP contribution in [-0.4, -0.2) is 82.3 Å². The van der Waals surface area contributed by atoms with Crippen LogP contribution in [0.1, 0.15) is 515 Å². The molecular formula is C92H181NO8. The van der Waals surface area contributed by atoms with Crippen molar-refractivity contribution in [3.63, 3.8) is 0 Å². The van der Waals surface area contributed by atoms with E-state index in [0.29, 0.717) is 17.4 Å². The number of quaternary nitrogens is 1. The third kappa shape index (κ3) is 85.4. The molecule has 0 fully saturated rings. The van der Waals surface area contributed by atoms with Crippen molar-refractivity contribution < 1.29 is 42.9 Å². The van der Waals surface area contributed by atoms with E-state index in [1.54, 1.807) is 0 Å². The highest BCUT2D eigenvalue weighted by Gasteiger charge is 2.22. The van der Waals surface area contributed by atoms with E-state index in [4.69, 9.17) is 18.9 Å². The lowest BCUT2D eigenvalue weighted by Crippen LogP contribution is -2.44. The summed E-state index contributed by atoms with van der Waals surface area (Å²) in [5, 5.41) is 11.9. The van der Waals surface area contributed by atoms with E-state index in [-0.39, 0.29) is 32.2 Å². The third-order valence-corrected chi connectivity index (χ3v) is 21.9. The summed E-state index contributed by atoms with van der Waals surface area (Å²) in [5.41, 5.74) is 0. The van der Waals surface area contributed by atoms with Crippen LogP contribution in [0.2, 0.25) is 0 Å². The Morgan fingerprint density at radius 1 is 0.257 bits per heavy atom.